The number of hydrogen-bond donors (Lipinski definition) is 0. The van der Waals surface area contributed by atoms with Crippen molar-refractivity contribution >= 4 is 5.57 Å². The van der Waals surface area contributed by atoms with E-state index in [9.17, 15) is 13.2 Å². The molecule has 0 spiro atoms. The van der Waals surface area contributed by atoms with Crippen LogP contribution in [-0.4, -0.2) is 16.1 Å². The van der Waals surface area contributed by atoms with Gasteiger partial charge >= 0.3 is 6.18 Å². The van der Waals surface area contributed by atoms with Gasteiger partial charge in [0.15, 0.2) is 0 Å². The predicted molar refractivity (Wildman–Crippen MR) is 53.4 cm³/mol. The first kappa shape index (κ1) is 11.1. The predicted octanol–water partition coefficient (Wildman–Crippen LogP) is 3.22. The molecule has 0 N–H and O–H groups in total. The van der Waals surface area contributed by atoms with E-state index in [1.54, 1.807) is 18.3 Å². The van der Waals surface area contributed by atoms with Crippen LogP contribution in [0.2, 0.25) is 0 Å². The van der Waals surface area contributed by atoms with Crippen LogP contribution in [-0.2, 0) is 0 Å². The lowest BCUT2D eigenvalue weighted by Gasteiger charge is -2.23. The van der Waals surface area contributed by atoms with Crippen molar-refractivity contribution in [3.8, 4) is 0 Å². The third-order valence-electron chi connectivity index (χ3n) is 2.78. The molecule has 1 unspecified atom stereocenters. The lowest BCUT2D eigenvalue weighted by molar-refractivity contribution is -0.175. The van der Waals surface area contributed by atoms with Crippen molar-refractivity contribution in [2.45, 2.75) is 25.4 Å². The number of nitrogens with zero attached hydrogens (tertiary/aromatic N) is 2. The number of halogens is 3. The summed E-state index contributed by atoms with van der Waals surface area (Å²) in [6, 6.07) is 1.72. The van der Waals surface area contributed by atoms with E-state index in [1.807, 2.05) is 0 Å². The van der Waals surface area contributed by atoms with E-state index >= 15 is 0 Å². The second-order valence-electron chi connectivity index (χ2n) is 3.84. The van der Waals surface area contributed by atoms with Crippen LogP contribution in [0.25, 0.3) is 5.57 Å². The lowest BCUT2D eigenvalue weighted by Crippen LogP contribution is -2.24. The highest BCUT2D eigenvalue weighted by atomic mass is 19.4. The minimum absolute atomic E-state index is 0.0584. The van der Waals surface area contributed by atoms with Gasteiger partial charge in [0.25, 0.3) is 0 Å². The molecule has 0 amide bonds. The molecule has 86 valence electrons. The minimum atomic E-state index is -4.08. The summed E-state index contributed by atoms with van der Waals surface area (Å²) in [5.74, 6) is -1.20. The first-order valence-corrected chi connectivity index (χ1v) is 5.09. The van der Waals surface area contributed by atoms with Gasteiger partial charge in [-0.15, -0.1) is 0 Å². The summed E-state index contributed by atoms with van der Waals surface area (Å²) in [5.41, 5.74) is 1.62. The van der Waals surface area contributed by atoms with Gasteiger partial charge in [0.1, 0.15) is 6.33 Å². The topological polar surface area (TPSA) is 25.8 Å². The highest BCUT2D eigenvalue weighted by molar-refractivity contribution is 5.62. The molecule has 1 aromatic rings. The number of hydrogen-bond acceptors (Lipinski definition) is 2. The molecule has 1 atom stereocenters. The molecule has 5 heteroatoms. The van der Waals surface area contributed by atoms with E-state index in [4.69, 9.17) is 0 Å². The standard InChI is InChI=1S/C11H11F3N2/c12-11(13,14)9-3-1-8(2-4-9)10-5-6-15-7-16-10/h1,5-7,9H,2-4H2. The normalized spacial score (nSPS) is 21.7. The molecule has 16 heavy (non-hydrogen) atoms. The van der Waals surface area contributed by atoms with Crippen molar-refractivity contribution in [3.63, 3.8) is 0 Å². The highest BCUT2D eigenvalue weighted by Crippen LogP contribution is 2.38. The molecule has 2 nitrogen and oxygen atoms in total. The van der Waals surface area contributed by atoms with Crippen LogP contribution < -0.4 is 0 Å². The van der Waals surface area contributed by atoms with E-state index in [2.05, 4.69) is 9.97 Å². The molecule has 2 rings (SSSR count). The van der Waals surface area contributed by atoms with Crippen LogP contribution in [0.4, 0.5) is 13.2 Å². The Hall–Kier alpha value is -1.39. The van der Waals surface area contributed by atoms with E-state index < -0.39 is 12.1 Å². The summed E-state index contributed by atoms with van der Waals surface area (Å²) >= 11 is 0. The number of aromatic nitrogens is 2. The number of alkyl halides is 3. The summed E-state index contributed by atoms with van der Waals surface area (Å²) in [7, 11) is 0. The van der Waals surface area contributed by atoms with Crippen molar-refractivity contribution in [2.75, 3.05) is 0 Å². The molecule has 0 bridgehead atoms. The zero-order valence-corrected chi connectivity index (χ0v) is 8.54. The number of allylic oxidation sites excluding steroid dienone is 2. The lowest BCUT2D eigenvalue weighted by atomic mass is 9.88. The monoisotopic (exact) mass is 228 g/mol. The summed E-state index contributed by atoms with van der Waals surface area (Å²) in [4.78, 5) is 7.81. The van der Waals surface area contributed by atoms with E-state index in [1.165, 1.54) is 6.33 Å². The van der Waals surface area contributed by atoms with Crippen molar-refractivity contribution in [3.05, 3.63) is 30.4 Å². The Labute approximate surface area is 91.2 Å². The average Bonchev–Trinajstić information content (AvgIpc) is 2.29. The second-order valence-corrected chi connectivity index (χ2v) is 3.84. The summed E-state index contributed by atoms with van der Waals surface area (Å²) in [6.07, 6.45) is 1.21. The van der Waals surface area contributed by atoms with Crippen LogP contribution >= 0.6 is 0 Å². The third kappa shape index (κ3) is 2.40. The fourth-order valence-corrected chi connectivity index (χ4v) is 1.84. The Bertz CT molecular complexity index is 384. The van der Waals surface area contributed by atoms with Gasteiger partial charge in [0.05, 0.1) is 11.6 Å². The molecule has 1 aliphatic rings. The van der Waals surface area contributed by atoms with Crippen molar-refractivity contribution in [1.29, 1.82) is 0 Å². The van der Waals surface area contributed by atoms with E-state index in [0.717, 1.165) is 11.3 Å². The SMILES string of the molecule is FC(F)(F)C1CC=C(c2ccncn2)CC1. The average molecular weight is 228 g/mol. The molecular formula is C11H11F3N2. The molecule has 0 radical (unpaired) electrons. The Morgan fingerprint density at radius 3 is 2.62 bits per heavy atom. The van der Waals surface area contributed by atoms with Crippen molar-refractivity contribution in [2.24, 2.45) is 5.92 Å². The largest absolute Gasteiger partial charge is 0.392 e. The van der Waals surface area contributed by atoms with Gasteiger partial charge in [0, 0.05) is 6.20 Å². The van der Waals surface area contributed by atoms with Crippen LogP contribution in [0.3, 0.4) is 0 Å². The second kappa shape index (κ2) is 4.23. The Morgan fingerprint density at radius 2 is 2.12 bits per heavy atom. The maximum Gasteiger partial charge on any atom is 0.392 e. The van der Waals surface area contributed by atoms with Crippen molar-refractivity contribution < 1.29 is 13.2 Å². The molecule has 1 aromatic heterocycles. The fraction of sp³-hybridized carbons (Fsp3) is 0.455. The minimum Gasteiger partial charge on any atom is -0.245 e. The number of rotatable bonds is 1. The van der Waals surface area contributed by atoms with Crippen LogP contribution in [0.5, 0.6) is 0 Å². The van der Waals surface area contributed by atoms with Crippen LogP contribution in [0, 0.1) is 5.92 Å². The van der Waals surface area contributed by atoms with Crippen LogP contribution in [0.15, 0.2) is 24.7 Å². The van der Waals surface area contributed by atoms with Crippen molar-refractivity contribution in [1.82, 2.24) is 9.97 Å². The molecule has 0 fully saturated rings. The summed E-state index contributed by atoms with van der Waals surface area (Å²) in [6.45, 7) is 0. The van der Waals surface area contributed by atoms with Gasteiger partial charge in [-0.25, -0.2) is 9.97 Å². The van der Waals surface area contributed by atoms with Gasteiger partial charge in [-0.05, 0) is 30.9 Å². The smallest absolute Gasteiger partial charge is 0.245 e. The molecule has 0 aliphatic heterocycles. The molecular weight excluding hydrogens is 217 g/mol. The summed E-state index contributed by atoms with van der Waals surface area (Å²) in [5, 5.41) is 0. The first-order valence-electron chi connectivity index (χ1n) is 5.09. The van der Waals surface area contributed by atoms with Gasteiger partial charge in [0.2, 0.25) is 0 Å². The van der Waals surface area contributed by atoms with Gasteiger partial charge in [-0.2, -0.15) is 13.2 Å². The van der Waals surface area contributed by atoms with Gasteiger partial charge in [-0.1, -0.05) is 6.08 Å². The van der Waals surface area contributed by atoms with Crippen LogP contribution in [0.1, 0.15) is 25.0 Å². The highest BCUT2D eigenvalue weighted by Gasteiger charge is 2.39. The third-order valence-corrected chi connectivity index (χ3v) is 2.78. The summed E-state index contributed by atoms with van der Waals surface area (Å²) < 4.78 is 37.2. The fourth-order valence-electron chi connectivity index (χ4n) is 1.84. The van der Waals surface area contributed by atoms with Gasteiger partial charge in [-0.3, -0.25) is 0 Å². The molecule has 0 aromatic carbocycles. The Balaban J connectivity index is 2.10. The zero-order chi connectivity index (χ0) is 11.6. The Morgan fingerprint density at radius 1 is 1.31 bits per heavy atom. The maximum atomic E-state index is 12.4. The molecule has 0 saturated carbocycles. The molecule has 0 saturated heterocycles. The quantitative estimate of drug-likeness (QED) is 0.737. The van der Waals surface area contributed by atoms with E-state index in [0.29, 0.717) is 6.42 Å². The maximum absolute atomic E-state index is 12.4. The first-order chi connectivity index (χ1) is 7.57. The molecule has 1 heterocycles. The zero-order valence-electron chi connectivity index (χ0n) is 8.54. The van der Waals surface area contributed by atoms with Gasteiger partial charge < -0.3 is 0 Å². The van der Waals surface area contributed by atoms with E-state index in [-0.39, 0.29) is 12.8 Å². The Kier molecular flexibility index (Phi) is 2.94. The molecule has 1 aliphatic carbocycles.